The molecule has 0 bridgehead atoms. The van der Waals surface area contributed by atoms with Gasteiger partial charge in [-0.05, 0) is 33.0 Å². The Morgan fingerprint density at radius 1 is 1.21 bits per heavy atom. The highest BCUT2D eigenvalue weighted by atomic mass is 15.3. The highest BCUT2D eigenvalue weighted by molar-refractivity contribution is 5.35. The van der Waals surface area contributed by atoms with E-state index in [4.69, 9.17) is 4.98 Å². The number of likely N-dealkylation sites (N-methyl/N-ethyl adjacent to an activating group) is 2. The molecule has 0 saturated carbocycles. The van der Waals surface area contributed by atoms with Gasteiger partial charge in [-0.2, -0.15) is 0 Å². The molecule has 104 valence electrons. The van der Waals surface area contributed by atoms with Crippen molar-refractivity contribution in [1.29, 1.82) is 0 Å². The molecule has 0 aromatic carbocycles. The summed E-state index contributed by atoms with van der Waals surface area (Å²) in [5.41, 5.74) is 2.54. The van der Waals surface area contributed by atoms with Crippen LogP contribution < -0.4 is 4.90 Å². The van der Waals surface area contributed by atoms with E-state index in [1.54, 1.807) is 0 Å². The molecule has 19 heavy (non-hydrogen) atoms. The van der Waals surface area contributed by atoms with E-state index in [0.717, 1.165) is 45.1 Å². The summed E-state index contributed by atoms with van der Waals surface area (Å²) in [4.78, 5) is 16.4. The molecule has 1 fully saturated rings. The zero-order valence-electron chi connectivity index (χ0n) is 12.1. The van der Waals surface area contributed by atoms with Crippen LogP contribution in [0.2, 0.25) is 0 Å². The summed E-state index contributed by atoms with van der Waals surface area (Å²) >= 11 is 0. The van der Waals surface area contributed by atoms with Crippen molar-refractivity contribution in [3.63, 3.8) is 0 Å². The SMILES string of the molecule is CC1CN(c2ncc3c(n2)CN(C)CC3)CCN1C. The molecule has 2 aliphatic heterocycles. The van der Waals surface area contributed by atoms with E-state index in [1.807, 2.05) is 6.20 Å². The minimum atomic E-state index is 0.566. The van der Waals surface area contributed by atoms with Crippen LogP contribution in [0.1, 0.15) is 18.2 Å². The van der Waals surface area contributed by atoms with Crippen molar-refractivity contribution in [2.45, 2.75) is 25.9 Å². The summed E-state index contributed by atoms with van der Waals surface area (Å²) in [7, 11) is 4.34. The Labute approximate surface area is 115 Å². The second kappa shape index (κ2) is 5.06. The van der Waals surface area contributed by atoms with Crippen LogP contribution in [0.25, 0.3) is 0 Å². The third-order valence-corrected chi connectivity index (χ3v) is 4.37. The second-order valence-corrected chi connectivity index (χ2v) is 5.91. The Morgan fingerprint density at radius 2 is 2.05 bits per heavy atom. The van der Waals surface area contributed by atoms with E-state index in [2.05, 4.69) is 40.7 Å². The van der Waals surface area contributed by atoms with Crippen molar-refractivity contribution in [2.24, 2.45) is 0 Å². The highest BCUT2D eigenvalue weighted by Crippen LogP contribution is 2.19. The van der Waals surface area contributed by atoms with Gasteiger partial charge < -0.3 is 14.7 Å². The summed E-state index contributed by atoms with van der Waals surface area (Å²) < 4.78 is 0. The standard InChI is InChI=1S/C14H23N5/c1-11-9-19(7-6-18(11)3)14-15-8-12-4-5-17(2)10-13(12)16-14/h8,11H,4-7,9-10H2,1-3H3. The van der Waals surface area contributed by atoms with Gasteiger partial charge in [0.2, 0.25) is 5.95 Å². The molecular weight excluding hydrogens is 238 g/mol. The van der Waals surface area contributed by atoms with Crippen molar-refractivity contribution < 1.29 is 0 Å². The molecule has 0 spiro atoms. The number of rotatable bonds is 1. The Bertz CT molecular complexity index is 461. The average molecular weight is 261 g/mol. The number of fused-ring (bicyclic) bond motifs is 1. The van der Waals surface area contributed by atoms with Gasteiger partial charge in [-0.1, -0.05) is 0 Å². The maximum atomic E-state index is 4.80. The fourth-order valence-corrected chi connectivity index (χ4v) is 2.81. The molecule has 1 aromatic heterocycles. The highest BCUT2D eigenvalue weighted by Gasteiger charge is 2.24. The van der Waals surface area contributed by atoms with Gasteiger partial charge in [-0.3, -0.25) is 0 Å². The van der Waals surface area contributed by atoms with Crippen LogP contribution in [0.4, 0.5) is 5.95 Å². The zero-order chi connectivity index (χ0) is 13.4. The third kappa shape index (κ3) is 2.58. The first-order valence-corrected chi connectivity index (χ1v) is 7.12. The average Bonchev–Trinajstić information content (AvgIpc) is 2.41. The fourth-order valence-electron chi connectivity index (χ4n) is 2.81. The number of hydrogen-bond acceptors (Lipinski definition) is 5. The lowest BCUT2D eigenvalue weighted by atomic mass is 10.1. The molecular formula is C14H23N5. The van der Waals surface area contributed by atoms with Crippen molar-refractivity contribution >= 4 is 5.95 Å². The van der Waals surface area contributed by atoms with Gasteiger partial charge in [0.1, 0.15) is 0 Å². The van der Waals surface area contributed by atoms with E-state index in [-0.39, 0.29) is 0 Å². The first-order chi connectivity index (χ1) is 9.13. The second-order valence-electron chi connectivity index (χ2n) is 5.91. The van der Waals surface area contributed by atoms with E-state index in [1.165, 1.54) is 11.3 Å². The van der Waals surface area contributed by atoms with Crippen molar-refractivity contribution in [3.05, 3.63) is 17.5 Å². The number of anilines is 1. The molecule has 0 amide bonds. The van der Waals surface area contributed by atoms with Crippen molar-refractivity contribution in [1.82, 2.24) is 19.8 Å². The molecule has 1 aromatic rings. The smallest absolute Gasteiger partial charge is 0.225 e. The first kappa shape index (κ1) is 12.8. The van der Waals surface area contributed by atoms with Crippen molar-refractivity contribution in [3.8, 4) is 0 Å². The normalized spacial score (nSPS) is 25.4. The maximum absolute atomic E-state index is 4.80. The predicted octanol–water partition coefficient (Wildman–Crippen LogP) is 0.605. The van der Waals surface area contributed by atoms with E-state index in [9.17, 15) is 0 Å². The van der Waals surface area contributed by atoms with Crippen LogP contribution in [-0.4, -0.2) is 66.1 Å². The van der Waals surface area contributed by atoms with E-state index < -0.39 is 0 Å². The summed E-state index contributed by atoms with van der Waals surface area (Å²) in [6.07, 6.45) is 3.11. The van der Waals surface area contributed by atoms with Gasteiger partial charge in [-0.15, -0.1) is 0 Å². The van der Waals surface area contributed by atoms with E-state index in [0.29, 0.717) is 6.04 Å². The molecule has 5 heteroatoms. The van der Waals surface area contributed by atoms with Crippen LogP contribution >= 0.6 is 0 Å². The monoisotopic (exact) mass is 261 g/mol. The quantitative estimate of drug-likeness (QED) is 0.740. The molecule has 1 saturated heterocycles. The first-order valence-electron chi connectivity index (χ1n) is 7.12. The van der Waals surface area contributed by atoms with Crippen LogP contribution in [0, 0.1) is 0 Å². The number of aromatic nitrogens is 2. The molecule has 3 rings (SSSR count). The van der Waals surface area contributed by atoms with Crippen LogP contribution in [0.15, 0.2) is 6.20 Å². The molecule has 5 nitrogen and oxygen atoms in total. The number of hydrogen-bond donors (Lipinski definition) is 0. The van der Waals surface area contributed by atoms with Crippen LogP contribution in [-0.2, 0) is 13.0 Å². The Balaban J connectivity index is 1.80. The largest absolute Gasteiger partial charge is 0.338 e. The summed E-state index contributed by atoms with van der Waals surface area (Å²) in [6.45, 7) is 7.45. The molecule has 0 aliphatic carbocycles. The summed E-state index contributed by atoms with van der Waals surface area (Å²) in [6, 6.07) is 0.566. The molecule has 0 N–H and O–H groups in total. The van der Waals surface area contributed by atoms with Crippen LogP contribution in [0.3, 0.4) is 0 Å². The third-order valence-electron chi connectivity index (χ3n) is 4.37. The van der Waals surface area contributed by atoms with Gasteiger partial charge in [0.05, 0.1) is 5.69 Å². The molecule has 1 unspecified atom stereocenters. The fraction of sp³-hybridized carbons (Fsp3) is 0.714. The molecule has 1 atom stereocenters. The zero-order valence-corrected chi connectivity index (χ0v) is 12.1. The van der Waals surface area contributed by atoms with E-state index >= 15 is 0 Å². The number of nitrogens with zero attached hydrogens (tertiary/aromatic N) is 5. The predicted molar refractivity (Wildman–Crippen MR) is 76.4 cm³/mol. The van der Waals surface area contributed by atoms with Gasteiger partial charge >= 0.3 is 0 Å². The van der Waals surface area contributed by atoms with Gasteiger partial charge in [0.25, 0.3) is 0 Å². The number of piperazine rings is 1. The summed E-state index contributed by atoms with van der Waals surface area (Å²) in [5, 5.41) is 0. The lowest BCUT2D eigenvalue weighted by molar-refractivity contribution is 0.232. The lowest BCUT2D eigenvalue weighted by Gasteiger charge is -2.38. The van der Waals surface area contributed by atoms with Gasteiger partial charge in [0, 0.05) is 45.0 Å². The Hall–Kier alpha value is -1.20. The van der Waals surface area contributed by atoms with Gasteiger partial charge in [-0.25, -0.2) is 9.97 Å². The Kier molecular flexibility index (Phi) is 3.41. The van der Waals surface area contributed by atoms with Crippen molar-refractivity contribution in [2.75, 3.05) is 45.2 Å². The van der Waals surface area contributed by atoms with Crippen LogP contribution in [0.5, 0.6) is 0 Å². The lowest BCUT2D eigenvalue weighted by Crippen LogP contribution is -2.50. The minimum Gasteiger partial charge on any atom is -0.338 e. The Morgan fingerprint density at radius 3 is 2.84 bits per heavy atom. The minimum absolute atomic E-state index is 0.566. The maximum Gasteiger partial charge on any atom is 0.225 e. The van der Waals surface area contributed by atoms with Gasteiger partial charge in [0.15, 0.2) is 0 Å². The summed E-state index contributed by atoms with van der Waals surface area (Å²) in [5.74, 6) is 0.911. The topological polar surface area (TPSA) is 35.5 Å². The molecule has 0 radical (unpaired) electrons. The molecule has 3 heterocycles. The molecule has 2 aliphatic rings.